The van der Waals surface area contributed by atoms with Crippen LogP contribution < -0.4 is 0 Å². The summed E-state index contributed by atoms with van der Waals surface area (Å²) in [4.78, 5) is 15.5. The van der Waals surface area contributed by atoms with Gasteiger partial charge in [-0.3, -0.25) is 4.79 Å². The fourth-order valence-corrected chi connectivity index (χ4v) is 6.06. The van der Waals surface area contributed by atoms with Crippen LogP contribution in [0.1, 0.15) is 29.5 Å². The minimum absolute atomic E-state index is 0.00363. The third-order valence-electron chi connectivity index (χ3n) is 6.43. The van der Waals surface area contributed by atoms with Crippen molar-refractivity contribution < 1.29 is 13.2 Å². The lowest BCUT2D eigenvalue weighted by Gasteiger charge is -2.34. The van der Waals surface area contributed by atoms with Crippen molar-refractivity contribution in [3.8, 4) is 0 Å². The molecule has 5 nitrogen and oxygen atoms in total. The summed E-state index contributed by atoms with van der Waals surface area (Å²) in [6.07, 6.45) is 1.91. The standard InChI is InChI=1S/C28H32N2O3S/c31-28(27-17-20-30(21-18-27)34(32,33)23-26-14-8-3-9-15-26)29(22-25-12-6-2-7-13-25)19-16-24-10-4-1-5-11-24/h1-15,27H,16-23H2. The summed E-state index contributed by atoms with van der Waals surface area (Å²) in [7, 11) is -3.39. The van der Waals surface area contributed by atoms with Gasteiger partial charge in [-0.2, -0.15) is 0 Å². The van der Waals surface area contributed by atoms with E-state index in [-0.39, 0.29) is 17.6 Å². The maximum atomic E-state index is 13.5. The molecular formula is C28H32N2O3S. The Kier molecular flexibility index (Phi) is 8.14. The Labute approximate surface area is 203 Å². The largest absolute Gasteiger partial charge is 0.338 e. The average Bonchev–Trinajstić information content (AvgIpc) is 2.88. The number of carbonyl (C=O) groups is 1. The molecule has 1 fully saturated rings. The van der Waals surface area contributed by atoms with Crippen LogP contribution in [0.3, 0.4) is 0 Å². The van der Waals surface area contributed by atoms with E-state index in [0.717, 1.165) is 17.5 Å². The lowest BCUT2D eigenvalue weighted by atomic mass is 9.96. The van der Waals surface area contributed by atoms with E-state index >= 15 is 0 Å². The fraction of sp³-hybridized carbons (Fsp3) is 0.321. The minimum atomic E-state index is -3.39. The van der Waals surface area contributed by atoms with Crippen LogP contribution in [-0.4, -0.2) is 43.2 Å². The molecule has 0 bridgehead atoms. The highest BCUT2D eigenvalue weighted by Gasteiger charge is 2.33. The normalized spacial score (nSPS) is 15.2. The predicted molar refractivity (Wildman–Crippen MR) is 135 cm³/mol. The quantitative estimate of drug-likeness (QED) is 0.457. The van der Waals surface area contributed by atoms with E-state index < -0.39 is 10.0 Å². The molecule has 0 saturated carbocycles. The second kappa shape index (κ2) is 11.4. The first-order valence-corrected chi connectivity index (χ1v) is 13.5. The number of carbonyl (C=O) groups excluding carboxylic acids is 1. The first kappa shape index (κ1) is 24.2. The van der Waals surface area contributed by atoms with Crippen LogP contribution in [0.5, 0.6) is 0 Å². The summed E-state index contributed by atoms with van der Waals surface area (Å²) in [6.45, 7) is 2.00. The molecule has 0 N–H and O–H groups in total. The molecule has 6 heteroatoms. The van der Waals surface area contributed by atoms with E-state index in [1.807, 2.05) is 83.8 Å². The highest BCUT2D eigenvalue weighted by molar-refractivity contribution is 7.88. The van der Waals surface area contributed by atoms with E-state index in [2.05, 4.69) is 12.1 Å². The molecule has 34 heavy (non-hydrogen) atoms. The van der Waals surface area contributed by atoms with Crippen LogP contribution in [0.25, 0.3) is 0 Å². The van der Waals surface area contributed by atoms with Crippen molar-refractivity contribution in [3.63, 3.8) is 0 Å². The van der Waals surface area contributed by atoms with Crippen molar-refractivity contribution in [1.29, 1.82) is 0 Å². The lowest BCUT2D eigenvalue weighted by Crippen LogP contribution is -2.45. The molecule has 0 radical (unpaired) electrons. The smallest absolute Gasteiger partial charge is 0.226 e. The molecule has 0 atom stereocenters. The Morgan fingerprint density at radius 2 is 1.26 bits per heavy atom. The van der Waals surface area contributed by atoms with Gasteiger partial charge in [-0.25, -0.2) is 12.7 Å². The lowest BCUT2D eigenvalue weighted by molar-refractivity contribution is -0.137. The van der Waals surface area contributed by atoms with Crippen LogP contribution in [0.4, 0.5) is 0 Å². The number of rotatable bonds is 9. The number of hydrogen-bond donors (Lipinski definition) is 0. The monoisotopic (exact) mass is 476 g/mol. The molecule has 1 heterocycles. The molecule has 0 unspecified atom stereocenters. The van der Waals surface area contributed by atoms with Gasteiger partial charge in [0.1, 0.15) is 0 Å². The molecule has 4 rings (SSSR count). The average molecular weight is 477 g/mol. The molecule has 0 aromatic heterocycles. The number of sulfonamides is 1. The van der Waals surface area contributed by atoms with Gasteiger partial charge in [0.05, 0.1) is 5.75 Å². The number of benzene rings is 3. The Morgan fingerprint density at radius 1 is 0.765 bits per heavy atom. The fourth-order valence-electron chi connectivity index (χ4n) is 4.49. The molecule has 3 aromatic rings. The van der Waals surface area contributed by atoms with Crippen LogP contribution in [0.15, 0.2) is 91.0 Å². The van der Waals surface area contributed by atoms with Gasteiger partial charge in [0, 0.05) is 32.1 Å². The van der Waals surface area contributed by atoms with Crippen molar-refractivity contribution in [3.05, 3.63) is 108 Å². The minimum Gasteiger partial charge on any atom is -0.338 e. The zero-order valence-electron chi connectivity index (χ0n) is 19.4. The predicted octanol–water partition coefficient (Wildman–Crippen LogP) is 4.50. The summed E-state index contributed by atoms with van der Waals surface area (Å²) in [5.41, 5.74) is 3.10. The van der Waals surface area contributed by atoms with Gasteiger partial charge < -0.3 is 4.90 Å². The highest BCUT2D eigenvalue weighted by atomic mass is 32.2. The molecule has 178 valence electrons. The number of piperidine rings is 1. The van der Waals surface area contributed by atoms with E-state index in [1.54, 1.807) is 4.31 Å². The van der Waals surface area contributed by atoms with Crippen LogP contribution in [0, 0.1) is 5.92 Å². The summed E-state index contributed by atoms with van der Waals surface area (Å²) in [5, 5.41) is 0. The summed E-state index contributed by atoms with van der Waals surface area (Å²) in [6, 6.07) is 29.5. The molecule has 1 aliphatic rings. The van der Waals surface area contributed by atoms with Gasteiger partial charge in [-0.15, -0.1) is 0 Å². The number of amides is 1. The van der Waals surface area contributed by atoms with E-state index in [0.29, 0.717) is 39.0 Å². The third-order valence-corrected chi connectivity index (χ3v) is 8.28. The molecule has 3 aromatic carbocycles. The number of nitrogens with zero attached hydrogens (tertiary/aromatic N) is 2. The van der Waals surface area contributed by atoms with Crippen LogP contribution in [0.2, 0.25) is 0 Å². The maximum Gasteiger partial charge on any atom is 0.226 e. The van der Waals surface area contributed by atoms with E-state index in [9.17, 15) is 13.2 Å². The summed E-state index contributed by atoms with van der Waals surface area (Å²) in [5.74, 6) is -0.0218. The van der Waals surface area contributed by atoms with Crippen LogP contribution >= 0.6 is 0 Å². The molecular weight excluding hydrogens is 444 g/mol. The Balaban J connectivity index is 1.39. The van der Waals surface area contributed by atoms with Gasteiger partial charge in [0.15, 0.2) is 0 Å². The first-order valence-electron chi connectivity index (χ1n) is 11.9. The molecule has 1 aliphatic heterocycles. The zero-order chi connectivity index (χ0) is 23.8. The third kappa shape index (κ3) is 6.55. The van der Waals surface area contributed by atoms with Gasteiger partial charge in [-0.1, -0.05) is 91.0 Å². The summed E-state index contributed by atoms with van der Waals surface area (Å²) >= 11 is 0. The molecule has 1 amide bonds. The highest BCUT2D eigenvalue weighted by Crippen LogP contribution is 2.24. The SMILES string of the molecule is O=C(C1CCN(S(=O)(=O)Cc2ccccc2)CC1)N(CCc1ccccc1)Cc1ccccc1. The second-order valence-electron chi connectivity index (χ2n) is 8.90. The van der Waals surface area contributed by atoms with Crippen molar-refractivity contribution in [2.45, 2.75) is 31.6 Å². The topological polar surface area (TPSA) is 57.7 Å². The number of hydrogen-bond acceptors (Lipinski definition) is 3. The van der Waals surface area contributed by atoms with Gasteiger partial charge in [0.2, 0.25) is 15.9 Å². The van der Waals surface area contributed by atoms with E-state index in [4.69, 9.17) is 0 Å². The van der Waals surface area contributed by atoms with Gasteiger partial charge in [0.25, 0.3) is 0 Å². The van der Waals surface area contributed by atoms with Crippen molar-refractivity contribution in [1.82, 2.24) is 9.21 Å². The molecule has 1 saturated heterocycles. The maximum absolute atomic E-state index is 13.5. The van der Waals surface area contributed by atoms with Crippen molar-refractivity contribution >= 4 is 15.9 Å². The molecule has 0 aliphatic carbocycles. The summed E-state index contributed by atoms with van der Waals surface area (Å²) < 4.78 is 27.3. The second-order valence-corrected chi connectivity index (χ2v) is 10.9. The Morgan fingerprint density at radius 3 is 1.82 bits per heavy atom. The van der Waals surface area contributed by atoms with Crippen molar-refractivity contribution in [2.75, 3.05) is 19.6 Å². The first-order chi connectivity index (χ1) is 16.5. The van der Waals surface area contributed by atoms with Crippen molar-refractivity contribution in [2.24, 2.45) is 5.92 Å². The molecule has 0 spiro atoms. The van der Waals surface area contributed by atoms with Gasteiger partial charge >= 0.3 is 0 Å². The van der Waals surface area contributed by atoms with Crippen LogP contribution in [-0.2, 0) is 33.5 Å². The zero-order valence-corrected chi connectivity index (χ0v) is 20.2. The van der Waals surface area contributed by atoms with Gasteiger partial charge in [-0.05, 0) is 36.0 Å². The Hall–Kier alpha value is -2.96. The van der Waals surface area contributed by atoms with E-state index in [1.165, 1.54) is 5.56 Å². The Bertz CT molecular complexity index is 1140.